The number of nitrogens with one attached hydrogen (secondary N) is 1. The van der Waals surface area contributed by atoms with E-state index in [9.17, 15) is 14.0 Å². The molecule has 2 aromatic carbocycles. The fourth-order valence-corrected chi connectivity index (χ4v) is 1.17. The van der Waals surface area contributed by atoms with Crippen LogP contribution in [-0.2, 0) is 0 Å². The van der Waals surface area contributed by atoms with Crippen LogP contribution in [0.1, 0.15) is 0 Å². The summed E-state index contributed by atoms with van der Waals surface area (Å²) in [5.74, 6) is -0.987. The molecule has 2 rings (SSSR count). The number of rotatable bonds is 2. The SMILES string of the molecule is O=c1c(O)c(Nc2ccc(F)cc2)c1=O. The van der Waals surface area contributed by atoms with Crippen LogP contribution in [-0.4, -0.2) is 5.11 Å². The van der Waals surface area contributed by atoms with Crippen LogP contribution in [0.15, 0.2) is 33.9 Å². The molecule has 2 N–H and O–H groups in total. The van der Waals surface area contributed by atoms with Crippen molar-refractivity contribution >= 4 is 11.4 Å². The molecule has 0 spiro atoms. The van der Waals surface area contributed by atoms with Crippen molar-refractivity contribution in [1.29, 1.82) is 0 Å². The molecule has 0 atom stereocenters. The maximum Gasteiger partial charge on any atom is 0.271 e. The Bertz CT molecular complexity index is 567. The van der Waals surface area contributed by atoms with E-state index >= 15 is 0 Å². The Kier molecular flexibility index (Phi) is 2.00. The summed E-state index contributed by atoms with van der Waals surface area (Å²) >= 11 is 0. The molecule has 15 heavy (non-hydrogen) atoms. The van der Waals surface area contributed by atoms with Crippen LogP contribution in [0, 0.1) is 5.82 Å². The van der Waals surface area contributed by atoms with Gasteiger partial charge in [0.15, 0.2) is 5.75 Å². The lowest BCUT2D eigenvalue weighted by Crippen LogP contribution is -2.32. The number of anilines is 2. The predicted octanol–water partition coefficient (Wildman–Crippen LogP) is 0.871. The molecular weight excluding hydrogens is 201 g/mol. The second kappa shape index (κ2) is 3.20. The molecule has 0 bridgehead atoms. The minimum Gasteiger partial charge on any atom is -0.502 e. The summed E-state index contributed by atoms with van der Waals surface area (Å²) in [5, 5.41) is 11.6. The minimum atomic E-state index is -0.903. The number of halogens is 1. The highest BCUT2D eigenvalue weighted by atomic mass is 19.1. The average Bonchev–Trinajstić information content (AvgIpc) is 2.27. The molecule has 0 radical (unpaired) electrons. The molecule has 0 heterocycles. The van der Waals surface area contributed by atoms with Crippen LogP contribution < -0.4 is 16.2 Å². The third kappa shape index (κ3) is 1.48. The lowest BCUT2D eigenvalue weighted by atomic mass is 10.2. The first-order chi connectivity index (χ1) is 7.09. The molecule has 0 saturated carbocycles. The normalized spacial score (nSPS) is 10.5. The number of aromatic hydroxyl groups is 1. The van der Waals surface area contributed by atoms with Gasteiger partial charge in [-0.05, 0) is 24.3 Å². The van der Waals surface area contributed by atoms with Crippen molar-refractivity contribution in [2.45, 2.75) is 0 Å². The van der Waals surface area contributed by atoms with E-state index in [1.54, 1.807) is 0 Å². The molecule has 0 amide bonds. The summed E-state index contributed by atoms with van der Waals surface area (Å²) in [6, 6.07) is 5.19. The summed E-state index contributed by atoms with van der Waals surface area (Å²) < 4.78 is 12.5. The van der Waals surface area contributed by atoms with E-state index in [4.69, 9.17) is 5.11 Å². The third-order valence-corrected chi connectivity index (χ3v) is 2.00. The van der Waals surface area contributed by atoms with Crippen LogP contribution in [0.5, 0.6) is 5.75 Å². The van der Waals surface area contributed by atoms with Gasteiger partial charge in [0, 0.05) is 5.69 Å². The Morgan fingerprint density at radius 3 is 2.20 bits per heavy atom. The van der Waals surface area contributed by atoms with E-state index in [0.29, 0.717) is 5.69 Å². The van der Waals surface area contributed by atoms with E-state index in [0.717, 1.165) is 0 Å². The van der Waals surface area contributed by atoms with Gasteiger partial charge in [0.05, 0.1) is 0 Å². The van der Waals surface area contributed by atoms with Crippen molar-refractivity contribution in [1.82, 2.24) is 0 Å². The van der Waals surface area contributed by atoms with E-state index in [1.165, 1.54) is 24.3 Å². The largest absolute Gasteiger partial charge is 0.502 e. The first kappa shape index (κ1) is 9.39. The molecule has 4 nitrogen and oxygen atoms in total. The molecule has 0 unspecified atom stereocenters. The lowest BCUT2D eigenvalue weighted by Gasteiger charge is -2.08. The van der Waals surface area contributed by atoms with Gasteiger partial charge in [-0.25, -0.2) is 4.39 Å². The van der Waals surface area contributed by atoms with E-state index < -0.39 is 22.4 Å². The molecule has 0 aliphatic rings. The Morgan fingerprint density at radius 2 is 1.67 bits per heavy atom. The second-order valence-electron chi connectivity index (χ2n) is 3.01. The van der Waals surface area contributed by atoms with Gasteiger partial charge in [-0.15, -0.1) is 0 Å². The molecule has 0 aliphatic carbocycles. The molecule has 0 aliphatic heterocycles. The summed E-state index contributed by atoms with van der Waals surface area (Å²) in [5.41, 5.74) is -1.39. The number of benzene rings is 1. The molecule has 0 fully saturated rings. The van der Waals surface area contributed by atoms with Gasteiger partial charge >= 0.3 is 0 Å². The maximum atomic E-state index is 12.5. The summed E-state index contributed by atoms with van der Waals surface area (Å²) in [6.45, 7) is 0. The van der Waals surface area contributed by atoms with E-state index in [2.05, 4.69) is 5.32 Å². The van der Waals surface area contributed by atoms with Crippen molar-refractivity contribution in [3.05, 3.63) is 50.5 Å². The fraction of sp³-hybridized carbons (Fsp3) is 0. The third-order valence-electron chi connectivity index (χ3n) is 2.00. The highest BCUT2D eigenvalue weighted by Crippen LogP contribution is 2.20. The number of hydrogen-bond donors (Lipinski definition) is 2. The molecule has 76 valence electrons. The van der Waals surface area contributed by atoms with Crippen LogP contribution in [0.2, 0.25) is 0 Å². The van der Waals surface area contributed by atoms with Gasteiger partial charge in [-0.1, -0.05) is 0 Å². The van der Waals surface area contributed by atoms with Crippen molar-refractivity contribution in [2.75, 3.05) is 5.32 Å². The molecular formula is C10H6FNO3. The average molecular weight is 207 g/mol. The maximum absolute atomic E-state index is 12.5. The van der Waals surface area contributed by atoms with Crippen molar-refractivity contribution < 1.29 is 9.50 Å². The summed E-state index contributed by atoms with van der Waals surface area (Å²) in [6.07, 6.45) is 0. The van der Waals surface area contributed by atoms with E-state index in [-0.39, 0.29) is 5.69 Å². The van der Waals surface area contributed by atoms with Gasteiger partial charge in [-0.2, -0.15) is 0 Å². The van der Waals surface area contributed by atoms with Crippen molar-refractivity contribution in [2.24, 2.45) is 0 Å². The first-order valence-electron chi connectivity index (χ1n) is 4.14. The second-order valence-corrected chi connectivity index (χ2v) is 3.01. The van der Waals surface area contributed by atoms with Gasteiger partial charge in [0.1, 0.15) is 11.5 Å². The van der Waals surface area contributed by atoms with Gasteiger partial charge in [-0.3, -0.25) is 9.59 Å². The van der Waals surface area contributed by atoms with Gasteiger partial charge in [0.25, 0.3) is 10.9 Å². The minimum absolute atomic E-state index is 0.147. The Balaban J connectivity index is 2.28. The van der Waals surface area contributed by atoms with Crippen LogP contribution in [0.3, 0.4) is 0 Å². The molecule has 0 saturated heterocycles. The van der Waals surface area contributed by atoms with Crippen molar-refractivity contribution in [3.8, 4) is 5.75 Å². The van der Waals surface area contributed by atoms with E-state index in [1.807, 2.05) is 0 Å². The van der Waals surface area contributed by atoms with Crippen LogP contribution >= 0.6 is 0 Å². The Morgan fingerprint density at radius 1 is 1.07 bits per heavy atom. The Hall–Kier alpha value is -2.17. The molecule has 5 heteroatoms. The smallest absolute Gasteiger partial charge is 0.271 e. The van der Waals surface area contributed by atoms with Crippen LogP contribution in [0.4, 0.5) is 15.8 Å². The highest BCUT2D eigenvalue weighted by molar-refractivity contribution is 5.69. The monoisotopic (exact) mass is 207 g/mol. The topological polar surface area (TPSA) is 66.4 Å². The standard InChI is InChI=1S/C10H6FNO3/c11-5-1-3-6(4-2-5)12-7-8(13)10(15)9(7)14/h1-4,12-13H. The first-order valence-corrected chi connectivity index (χ1v) is 4.14. The van der Waals surface area contributed by atoms with Crippen LogP contribution in [0.25, 0.3) is 0 Å². The van der Waals surface area contributed by atoms with Gasteiger partial charge < -0.3 is 10.4 Å². The summed E-state index contributed by atoms with van der Waals surface area (Å²) in [7, 11) is 0. The number of hydrogen-bond acceptors (Lipinski definition) is 4. The highest BCUT2D eigenvalue weighted by Gasteiger charge is 2.19. The quantitative estimate of drug-likeness (QED) is 0.717. The predicted molar refractivity (Wildman–Crippen MR) is 52.7 cm³/mol. The fourth-order valence-electron chi connectivity index (χ4n) is 1.17. The Labute approximate surface area is 83.3 Å². The van der Waals surface area contributed by atoms with Crippen molar-refractivity contribution in [3.63, 3.8) is 0 Å². The zero-order valence-electron chi connectivity index (χ0n) is 7.45. The molecule has 0 aromatic heterocycles. The lowest BCUT2D eigenvalue weighted by molar-refractivity contribution is 0.466. The summed E-state index contributed by atoms with van der Waals surface area (Å²) in [4.78, 5) is 21.6. The zero-order valence-corrected chi connectivity index (χ0v) is 7.45. The zero-order chi connectivity index (χ0) is 11.0. The van der Waals surface area contributed by atoms with Gasteiger partial charge in [0.2, 0.25) is 0 Å². The molecule has 2 aromatic rings.